The molecule has 8 atom stereocenters. The smallest absolute Gasteiger partial charge is 0.328 e. The van der Waals surface area contributed by atoms with Crippen LogP contribution in [0.3, 0.4) is 0 Å². The van der Waals surface area contributed by atoms with E-state index in [4.69, 9.17) is 22.3 Å². The first-order valence-electron chi connectivity index (χ1n) is 18.0. The SMILES string of the molecule is CC[C@H](C)[C@H](NC(=O)[C@H](C)NC(=O)CNC(=O)[C@H](CCCCN)NC(=O)[C@@H](N)CC(N)=O)C(=O)N[C@@H](CC(C)C)C(=O)N[C@@H](CO)C(=O)N[C@@H](CO)C(=O)O. The lowest BCUT2D eigenvalue weighted by molar-refractivity contribution is -0.143. The normalized spacial score (nSPS) is 15.4. The second-order valence-electron chi connectivity index (χ2n) is 13.5. The molecule has 0 saturated heterocycles. The molecule has 0 aliphatic carbocycles. The minimum absolute atomic E-state index is 0.0584. The van der Waals surface area contributed by atoms with Crippen LogP contribution in [0.5, 0.6) is 0 Å². The summed E-state index contributed by atoms with van der Waals surface area (Å²) in [4.78, 5) is 113. The van der Waals surface area contributed by atoms with Crippen molar-refractivity contribution in [2.24, 2.45) is 29.0 Å². The fourth-order valence-corrected chi connectivity index (χ4v) is 4.87. The Hall–Kier alpha value is -4.93. The van der Waals surface area contributed by atoms with Crippen molar-refractivity contribution in [3.8, 4) is 0 Å². The van der Waals surface area contributed by atoms with Crippen molar-refractivity contribution in [1.82, 2.24) is 37.2 Å². The van der Waals surface area contributed by atoms with Gasteiger partial charge in [0, 0.05) is 0 Å². The van der Waals surface area contributed by atoms with Gasteiger partial charge in [-0.15, -0.1) is 0 Å². The monoisotopic (exact) mass is 788 g/mol. The Morgan fingerprint density at radius 3 is 1.71 bits per heavy atom. The first-order valence-corrected chi connectivity index (χ1v) is 18.0. The molecule has 0 aromatic heterocycles. The number of carboxylic acids is 1. The fourth-order valence-electron chi connectivity index (χ4n) is 4.87. The van der Waals surface area contributed by atoms with Crippen LogP contribution in [0.25, 0.3) is 0 Å². The third kappa shape index (κ3) is 19.3. The molecule has 22 heteroatoms. The number of hydrogen-bond acceptors (Lipinski definition) is 13. The van der Waals surface area contributed by atoms with Gasteiger partial charge in [0.25, 0.3) is 0 Å². The van der Waals surface area contributed by atoms with Gasteiger partial charge in [-0.1, -0.05) is 34.1 Å². The Kier molecular flexibility index (Phi) is 23.6. The number of amides is 8. The number of primary amides is 1. The molecule has 0 saturated carbocycles. The molecule has 0 aliphatic heterocycles. The molecule has 0 unspecified atom stereocenters. The number of carboxylic acid groups (broad SMARTS) is 1. The first kappa shape index (κ1) is 50.1. The topological polar surface area (TPSA) is 377 Å². The van der Waals surface area contributed by atoms with E-state index in [9.17, 15) is 53.4 Å². The zero-order chi connectivity index (χ0) is 42.4. The van der Waals surface area contributed by atoms with E-state index in [1.165, 1.54) is 6.92 Å². The molecule has 0 aliphatic rings. The Morgan fingerprint density at radius 1 is 0.655 bits per heavy atom. The summed E-state index contributed by atoms with van der Waals surface area (Å²) in [5.74, 6) is -8.89. The number of nitrogens with two attached hydrogens (primary N) is 3. The average molecular weight is 789 g/mol. The highest BCUT2D eigenvalue weighted by Gasteiger charge is 2.34. The molecule has 0 heterocycles. The summed E-state index contributed by atoms with van der Waals surface area (Å²) < 4.78 is 0. The lowest BCUT2D eigenvalue weighted by Crippen LogP contribution is -2.60. The maximum absolute atomic E-state index is 13.5. The summed E-state index contributed by atoms with van der Waals surface area (Å²) in [6, 6.07) is -9.44. The third-order valence-corrected chi connectivity index (χ3v) is 8.28. The Bertz CT molecular complexity index is 1330. The van der Waals surface area contributed by atoms with Crippen LogP contribution in [-0.2, 0) is 43.2 Å². The summed E-state index contributed by atoms with van der Waals surface area (Å²) in [6.45, 7) is 6.10. The zero-order valence-electron chi connectivity index (χ0n) is 32.0. The van der Waals surface area contributed by atoms with E-state index in [2.05, 4.69) is 31.9 Å². The molecule has 22 nitrogen and oxygen atoms in total. The van der Waals surface area contributed by atoms with Gasteiger partial charge in [-0.05, 0) is 51.0 Å². The van der Waals surface area contributed by atoms with E-state index in [1.807, 2.05) is 5.32 Å². The highest BCUT2D eigenvalue weighted by Crippen LogP contribution is 2.12. The maximum Gasteiger partial charge on any atom is 0.328 e. The van der Waals surface area contributed by atoms with Crippen LogP contribution in [0.2, 0.25) is 0 Å². The van der Waals surface area contributed by atoms with Crippen molar-refractivity contribution in [1.29, 1.82) is 0 Å². The van der Waals surface area contributed by atoms with Crippen molar-refractivity contribution in [3.05, 3.63) is 0 Å². The zero-order valence-corrected chi connectivity index (χ0v) is 32.0. The van der Waals surface area contributed by atoms with Gasteiger partial charge in [0.15, 0.2) is 0 Å². The highest BCUT2D eigenvalue weighted by molar-refractivity contribution is 5.97. The van der Waals surface area contributed by atoms with E-state index in [1.54, 1.807) is 27.7 Å². The van der Waals surface area contributed by atoms with Gasteiger partial charge in [-0.2, -0.15) is 0 Å². The first-order chi connectivity index (χ1) is 25.7. The third-order valence-electron chi connectivity index (χ3n) is 8.28. The second-order valence-corrected chi connectivity index (χ2v) is 13.5. The number of unbranched alkanes of at least 4 members (excludes halogenated alkanes) is 1. The average Bonchev–Trinajstić information content (AvgIpc) is 3.11. The second kappa shape index (κ2) is 26.0. The van der Waals surface area contributed by atoms with Crippen molar-refractivity contribution in [3.63, 3.8) is 0 Å². The van der Waals surface area contributed by atoms with Gasteiger partial charge in [-0.3, -0.25) is 38.4 Å². The lowest BCUT2D eigenvalue weighted by Gasteiger charge is -2.29. The van der Waals surface area contributed by atoms with E-state index in [-0.39, 0.29) is 18.8 Å². The van der Waals surface area contributed by atoms with Crippen LogP contribution in [0.4, 0.5) is 0 Å². The van der Waals surface area contributed by atoms with Crippen LogP contribution in [0.1, 0.15) is 73.1 Å². The van der Waals surface area contributed by atoms with Crippen LogP contribution < -0.4 is 54.4 Å². The summed E-state index contributed by atoms with van der Waals surface area (Å²) in [5.41, 5.74) is 16.3. The summed E-state index contributed by atoms with van der Waals surface area (Å²) in [7, 11) is 0. The lowest BCUT2D eigenvalue weighted by atomic mass is 9.96. The van der Waals surface area contributed by atoms with Gasteiger partial charge in [0.05, 0.1) is 32.2 Å². The Balaban J connectivity index is 5.64. The molecule has 314 valence electrons. The van der Waals surface area contributed by atoms with Crippen LogP contribution in [-0.4, -0.2) is 137 Å². The van der Waals surface area contributed by atoms with E-state index in [0.717, 1.165) is 0 Å². The predicted molar refractivity (Wildman–Crippen MR) is 196 cm³/mol. The van der Waals surface area contributed by atoms with E-state index < -0.39 is 128 Å². The molecule has 55 heavy (non-hydrogen) atoms. The van der Waals surface area contributed by atoms with Crippen molar-refractivity contribution in [2.45, 2.75) is 115 Å². The number of nitrogens with one attached hydrogen (secondary N) is 7. The molecule has 0 bridgehead atoms. The van der Waals surface area contributed by atoms with Gasteiger partial charge >= 0.3 is 5.97 Å². The number of aliphatic carboxylic acids is 1. The summed E-state index contributed by atoms with van der Waals surface area (Å²) >= 11 is 0. The van der Waals surface area contributed by atoms with Gasteiger partial charge in [-0.25, -0.2) is 4.79 Å². The molecule has 16 N–H and O–H groups in total. The quantitative estimate of drug-likeness (QED) is 0.0346. The summed E-state index contributed by atoms with van der Waals surface area (Å²) in [5, 5.41) is 44.6. The molecular weight excluding hydrogens is 728 g/mol. The van der Waals surface area contributed by atoms with E-state index >= 15 is 0 Å². The molecular formula is C33H60N10O12. The van der Waals surface area contributed by atoms with Crippen LogP contribution >= 0.6 is 0 Å². The number of rotatable bonds is 27. The molecule has 0 aromatic carbocycles. The molecule has 0 rings (SSSR count). The Morgan fingerprint density at radius 2 is 1.20 bits per heavy atom. The molecule has 8 amide bonds. The van der Waals surface area contributed by atoms with Crippen LogP contribution in [0, 0.1) is 11.8 Å². The fraction of sp³-hybridized carbons (Fsp3) is 0.727. The molecule has 0 aromatic rings. The molecule has 0 radical (unpaired) electrons. The largest absolute Gasteiger partial charge is 0.480 e. The van der Waals surface area contributed by atoms with Crippen LogP contribution in [0.15, 0.2) is 0 Å². The maximum atomic E-state index is 13.5. The summed E-state index contributed by atoms with van der Waals surface area (Å²) in [6.07, 6.45) is 1.12. The number of carbonyl (C=O) groups is 9. The van der Waals surface area contributed by atoms with Gasteiger partial charge in [0.1, 0.15) is 36.3 Å². The Labute approximate surface area is 319 Å². The minimum atomic E-state index is -1.69. The molecule has 0 fully saturated rings. The number of carbonyl (C=O) groups excluding carboxylic acids is 8. The predicted octanol–water partition coefficient (Wildman–Crippen LogP) is -5.48. The van der Waals surface area contributed by atoms with Gasteiger partial charge < -0.3 is 69.7 Å². The number of aliphatic hydroxyl groups excluding tert-OH is 2. The van der Waals surface area contributed by atoms with Crippen molar-refractivity contribution < 1.29 is 58.5 Å². The minimum Gasteiger partial charge on any atom is -0.480 e. The van der Waals surface area contributed by atoms with Crippen molar-refractivity contribution >= 4 is 53.2 Å². The van der Waals surface area contributed by atoms with E-state index in [0.29, 0.717) is 25.8 Å². The standard InChI is InChI=1S/C33H60N10O12/c1-6-17(4)26(32(53)40-21(11-16(2)3)30(51)41-22(14-44)31(52)42-23(15-45)33(54)55)43-27(48)18(5)38-25(47)13-37-29(50)20(9-7-8-10-34)39-28(49)19(35)12-24(36)46/h16-23,26,44-45H,6-15,34-35H2,1-5H3,(H2,36,46)(H,37,50)(H,38,47)(H,39,49)(H,40,53)(H,41,51)(H,42,52)(H,43,48)(H,54,55)/t17-,18-,19-,20-,21-,22-,23-,26-/m0/s1. The highest BCUT2D eigenvalue weighted by atomic mass is 16.4. The number of hydrogen-bond donors (Lipinski definition) is 13. The number of aliphatic hydroxyl groups is 2. The van der Waals surface area contributed by atoms with Crippen molar-refractivity contribution in [2.75, 3.05) is 26.3 Å². The van der Waals surface area contributed by atoms with Gasteiger partial charge in [0.2, 0.25) is 47.3 Å². The molecule has 0 spiro atoms.